The minimum atomic E-state index is -2.21. The predicted molar refractivity (Wildman–Crippen MR) is 120 cm³/mol. The highest BCUT2D eigenvalue weighted by atomic mass is 32.2. The minimum Gasteiger partial charge on any atom is -0.444 e. The Hall–Kier alpha value is -1.46. The van der Waals surface area contributed by atoms with Crippen LogP contribution in [0, 0.1) is 0 Å². The molecular formula is C20H36N2O7SSi. The third kappa shape index (κ3) is 5.86. The van der Waals surface area contributed by atoms with Crippen LogP contribution in [0.15, 0.2) is 0 Å². The summed E-state index contributed by atoms with van der Waals surface area (Å²) in [6, 6.07) is 0. The van der Waals surface area contributed by atoms with Crippen molar-refractivity contribution in [2.24, 2.45) is 0 Å². The van der Waals surface area contributed by atoms with Gasteiger partial charge in [-0.1, -0.05) is 20.8 Å². The average Bonchev–Trinajstić information content (AvgIpc) is 3.09. The van der Waals surface area contributed by atoms with Gasteiger partial charge < -0.3 is 24.0 Å². The number of ether oxygens (including phenoxy) is 3. The first-order chi connectivity index (χ1) is 14.0. The van der Waals surface area contributed by atoms with Gasteiger partial charge in [0.2, 0.25) is 0 Å². The second kappa shape index (κ2) is 8.82. The first-order valence-electron chi connectivity index (χ1n) is 10.4. The molecule has 178 valence electrons. The van der Waals surface area contributed by atoms with Crippen molar-refractivity contribution in [3.8, 4) is 0 Å². The topological polar surface area (TPSA) is 103 Å². The number of hydrogen-bond acceptors (Lipinski definition) is 8. The molecule has 0 spiro atoms. The highest BCUT2D eigenvalue weighted by molar-refractivity contribution is 8.00. The number of carbonyl (C=O) groups excluding carboxylic acids is 3. The van der Waals surface area contributed by atoms with Crippen LogP contribution in [-0.4, -0.2) is 73.6 Å². The smallest absolute Gasteiger partial charge is 0.444 e. The van der Waals surface area contributed by atoms with Gasteiger partial charge in [-0.15, -0.1) is 11.8 Å². The quantitative estimate of drug-likeness (QED) is 0.473. The van der Waals surface area contributed by atoms with E-state index in [0.717, 1.165) is 0 Å². The fraction of sp³-hybridized carbons (Fsp3) is 0.850. The molecule has 2 aliphatic heterocycles. The molecule has 31 heavy (non-hydrogen) atoms. The number of hydrogen-bond donors (Lipinski definition) is 1. The molecular weight excluding hydrogens is 440 g/mol. The van der Waals surface area contributed by atoms with Crippen molar-refractivity contribution in [2.45, 2.75) is 88.8 Å². The first kappa shape index (κ1) is 25.8. The monoisotopic (exact) mass is 476 g/mol. The highest BCUT2D eigenvalue weighted by Gasteiger charge is 2.59. The maximum absolute atomic E-state index is 13.6. The zero-order valence-corrected chi connectivity index (χ0v) is 21.8. The molecule has 9 nitrogen and oxygen atoms in total. The molecule has 2 unspecified atom stereocenters. The highest BCUT2D eigenvalue weighted by Crippen LogP contribution is 2.44. The Labute approximate surface area is 190 Å². The van der Waals surface area contributed by atoms with Crippen molar-refractivity contribution < 1.29 is 33.0 Å². The van der Waals surface area contributed by atoms with Crippen LogP contribution in [0.1, 0.15) is 48.0 Å². The molecule has 0 aliphatic carbocycles. The van der Waals surface area contributed by atoms with Crippen molar-refractivity contribution >= 4 is 38.2 Å². The van der Waals surface area contributed by atoms with Gasteiger partial charge in [-0.05, 0) is 38.9 Å². The number of alkyl carbamates (subject to hydrolysis) is 1. The van der Waals surface area contributed by atoms with E-state index in [2.05, 4.69) is 43.9 Å². The van der Waals surface area contributed by atoms with Crippen LogP contribution in [-0.2, 0) is 23.4 Å². The zero-order valence-electron chi connectivity index (χ0n) is 20.0. The number of methoxy groups -OCH3 is 1. The number of nitrogens with one attached hydrogen (secondary N) is 1. The van der Waals surface area contributed by atoms with Gasteiger partial charge in [0.1, 0.15) is 11.1 Å². The Morgan fingerprint density at radius 1 is 1.23 bits per heavy atom. The molecule has 2 fully saturated rings. The molecule has 1 N–H and O–H groups in total. The van der Waals surface area contributed by atoms with Crippen molar-refractivity contribution in [1.82, 2.24) is 10.2 Å². The van der Waals surface area contributed by atoms with Gasteiger partial charge in [-0.3, -0.25) is 9.69 Å². The van der Waals surface area contributed by atoms with Gasteiger partial charge in [-0.2, -0.15) is 0 Å². The van der Waals surface area contributed by atoms with Gasteiger partial charge in [0.05, 0.1) is 24.8 Å². The normalized spacial score (nSPS) is 26.5. The van der Waals surface area contributed by atoms with Gasteiger partial charge in [0.15, 0.2) is 14.5 Å². The van der Waals surface area contributed by atoms with Gasteiger partial charge >= 0.3 is 12.2 Å². The Balaban J connectivity index is 2.29. The van der Waals surface area contributed by atoms with Crippen LogP contribution >= 0.6 is 11.8 Å². The summed E-state index contributed by atoms with van der Waals surface area (Å²) < 4.78 is 21.6. The molecule has 0 aromatic heterocycles. The molecule has 2 heterocycles. The summed E-state index contributed by atoms with van der Waals surface area (Å²) in [4.78, 5) is 39.4. The third-order valence-corrected chi connectivity index (χ3v) is 11.6. The van der Waals surface area contributed by atoms with Gasteiger partial charge in [0, 0.05) is 6.42 Å². The van der Waals surface area contributed by atoms with Crippen molar-refractivity contribution in [1.29, 1.82) is 0 Å². The standard InChI is InChI=1S/C20H36N2O7SSi/c1-18(2,3)29-16(24)21-20(12-27-31(8,9)19(4,5)6)10-14-22(15(20)23)13(11-30-14)28-17(25)26-7/h13-14H,10-12H2,1-9H3,(H,21,24)/t13?,14-,20?/m0/s1. The van der Waals surface area contributed by atoms with E-state index in [1.54, 1.807) is 20.8 Å². The molecule has 2 rings (SSSR count). The van der Waals surface area contributed by atoms with Crippen LogP contribution < -0.4 is 5.32 Å². The fourth-order valence-electron chi connectivity index (χ4n) is 3.12. The summed E-state index contributed by atoms with van der Waals surface area (Å²) in [6.45, 7) is 15.8. The van der Waals surface area contributed by atoms with E-state index in [9.17, 15) is 14.4 Å². The van der Waals surface area contributed by atoms with E-state index >= 15 is 0 Å². The summed E-state index contributed by atoms with van der Waals surface area (Å²) in [5, 5.41) is 2.48. The van der Waals surface area contributed by atoms with Crippen LogP contribution in [0.3, 0.4) is 0 Å². The molecule has 2 aliphatic rings. The van der Waals surface area contributed by atoms with Crippen molar-refractivity contribution in [3.05, 3.63) is 0 Å². The summed E-state index contributed by atoms with van der Waals surface area (Å²) in [5.41, 5.74) is -2.01. The molecule has 0 radical (unpaired) electrons. The van der Waals surface area contributed by atoms with Crippen LogP contribution in [0.5, 0.6) is 0 Å². The number of fused-ring (bicyclic) bond motifs is 1. The van der Waals surface area contributed by atoms with E-state index in [0.29, 0.717) is 12.2 Å². The van der Waals surface area contributed by atoms with E-state index in [1.807, 2.05) is 0 Å². The number of thioether (sulfide) groups is 1. The molecule has 2 amide bonds. The SMILES string of the molecule is COC(=O)OC1CS[C@H]2CC(CO[Si](C)(C)C(C)(C)C)(NC(=O)OC(C)(C)C)C(=O)N12. The number of nitrogens with zero attached hydrogens (tertiary/aromatic N) is 1. The molecule has 0 saturated carbocycles. The second-order valence-electron chi connectivity index (χ2n) is 10.5. The lowest BCUT2D eigenvalue weighted by atomic mass is 9.99. The van der Waals surface area contributed by atoms with Crippen LogP contribution in [0.4, 0.5) is 9.59 Å². The first-order valence-corrected chi connectivity index (χ1v) is 14.3. The summed E-state index contributed by atoms with van der Waals surface area (Å²) >= 11 is 1.49. The lowest BCUT2D eigenvalue weighted by Gasteiger charge is -2.39. The van der Waals surface area contributed by atoms with Crippen molar-refractivity contribution in [2.75, 3.05) is 19.5 Å². The number of carbonyl (C=O) groups is 3. The fourth-order valence-corrected chi connectivity index (χ4v) is 5.57. The molecule has 0 bridgehead atoms. The number of rotatable bonds is 5. The summed E-state index contributed by atoms with van der Waals surface area (Å²) in [5.74, 6) is 0.0953. The third-order valence-electron chi connectivity index (χ3n) is 5.84. The maximum atomic E-state index is 13.6. The van der Waals surface area contributed by atoms with E-state index < -0.39 is 37.9 Å². The van der Waals surface area contributed by atoms with Crippen LogP contribution in [0.2, 0.25) is 18.1 Å². The molecule has 0 aromatic rings. The maximum Gasteiger partial charge on any atom is 0.509 e. The lowest BCUT2D eigenvalue weighted by molar-refractivity contribution is -0.142. The van der Waals surface area contributed by atoms with Crippen LogP contribution in [0.25, 0.3) is 0 Å². The zero-order chi connectivity index (χ0) is 23.8. The minimum absolute atomic E-state index is 0.0278. The summed E-state index contributed by atoms with van der Waals surface area (Å²) in [6.07, 6.45) is -1.97. The Bertz CT molecular complexity index is 719. The molecule has 11 heteroatoms. The Morgan fingerprint density at radius 2 is 1.84 bits per heavy atom. The van der Waals surface area contributed by atoms with Gasteiger partial charge in [0.25, 0.3) is 5.91 Å². The molecule has 2 saturated heterocycles. The second-order valence-corrected chi connectivity index (χ2v) is 16.5. The van der Waals surface area contributed by atoms with Gasteiger partial charge in [-0.25, -0.2) is 9.59 Å². The Morgan fingerprint density at radius 3 is 2.35 bits per heavy atom. The average molecular weight is 477 g/mol. The largest absolute Gasteiger partial charge is 0.509 e. The van der Waals surface area contributed by atoms with E-state index in [1.165, 1.54) is 23.8 Å². The predicted octanol–water partition coefficient (Wildman–Crippen LogP) is 3.69. The lowest BCUT2D eigenvalue weighted by Crippen LogP contribution is -2.60. The van der Waals surface area contributed by atoms with E-state index in [4.69, 9.17) is 13.9 Å². The molecule has 0 aromatic carbocycles. The number of amides is 2. The van der Waals surface area contributed by atoms with E-state index in [-0.39, 0.29) is 22.9 Å². The summed E-state index contributed by atoms with van der Waals surface area (Å²) in [7, 11) is -0.990. The molecule has 3 atom stereocenters. The van der Waals surface area contributed by atoms with Crippen molar-refractivity contribution in [3.63, 3.8) is 0 Å². The Kier molecular flexibility index (Phi) is 7.34.